The highest BCUT2D eigenvalue weighted by Crippen LogP contribution is 2.13. The molecule has 3 rings (SSSR count). The highest BCUT2D eigenvalue weighted by molar-refractivity contribution is 5.77. The zero-order valence-electron chi connectivity index (χ0n) is 16.2. The van der Waals surface area contributed by atoms with Crippen molar-refractivity contribution in [2.75, 3.05) is 26.2 Å². The number of fused-ring (bicyclic) bond motifs is 1. The lowest BCUT2D eigenvalue weighted by Crippen LogP contribution is -2.38. The van der Waals surface area contributed by atoms with E-state index in [1.165, 1.54) is 6.42 Å². The van der Waals surface area contributed by atoms with Crippen LogP contribution in [0.1, 0.15) is 38.9 Å². The van der Waals surface area contributed by atoms with Gasteiger partial charge in [-0.1, -0.05) is 19.1 Å². The first-order valence-corrected chi connectivity index (χ1v) is 9.62. The summed E-state index contributed by atoms with van der Waals surface area (Å²) >= 11 is 0. The molecule has 1 aromatic carbocycles. The zero-order valence-corrected chi connectivity index (χ0v) is 16.2. The van der Waals surface area contributed by atoms with Crippen molar-refractivity contribution in [3.63, 3.8) is 0 Å². The number of aryl methyl sites for hydroxylation is 1. The molecule has 148 valence electrons. The lowest BCUT2D eigenvalue weighted by Gasteiger charge is -2.26. The van der Waals surface area contributed by atoms with E-state index < -0.39 is 0 Å². The zero-order chi connectivity index (χ0) is 19.6. The summed E-state index contributed by atoms with van der Waals surface area (Å²) in [5, 5.41) is 6.89. The SMILES string of the molecule is CCC(C)N1CCCN(C(=O)CCc2nc3ccccc3[nH]2)CC1.O=CO. The van der Waals surface area contributed by atoms with Gasteiger partial charge in [-0.15, -0.1) is 0 Å². The van der Waals surface area contributed by atoms with Gasteiger partial charge in [-0.05, 0) is 31.9 Å². The molecule has 1 saturated heterocycles. The van der Waals surface area contributed by atoms with Crippen LogP contribution in [0.25, 0.3) is 11.0 Å². The molecular weight excluding hydrogens is 344 g/mol. The van der Waals surface area contributed by atoms with Crippen molar-refractivity contribution in [1.82, 2.24) is 19.8 Å². The van der Waals surface area contributed by atoms with Crippen LogP contribution in [-0.4, -0.2) is 69.5 Å². The fourth-order valence-electron chi connectivity index (χ4n) is 3.39. The number of imidazole rings is 1. The Morgan fingerprint density at radius 3 is 2.74 bits per heavy atom. The number of aromatic nitrogens is 2. The quantitative estimate of drug-likeness (QED) is 0.785. The Morgan fingerprint density at radius 1 is 1.30 bits per heavy atom. The second kappa shape index (κ2) is 10.7. The third-order valence-corrected chi connectivity index (χ3v) is 5.11. The van der Waals surface area contributed by atoms with Crippen LogP contribution in [0.5, 0.6) is 0 Å². The minimum Gasteiger partial charge on any atom is -0.483 e. The Kier molecular flexibility index (Phi) is 8.26. The lowest BCUT2D eigenvalue weighted by molar-refractivity contribution is -0.131. The maximum absolute atomic E-state index is 12.6. The Hall–Kier alpha value is -2.41. The van der Waals surface area contributed by atoms with E-state index in [1.54, 1.807) is 0 Å². The second-order valence-corrected chi connectivity index (χ2v) is 6.83. The Labute approximate surface area is 160 Å². The molecule has 7 heteroatoms. The summed E-state index contributed by atoms with van der Waals surface area (Å²) in [6.45, 7) is 8.08. The normalized spacial score (nSPS) is 16.3. The van der Waals surface area contributed by atoms with Crippen LogP contribution in [0.2, 0.25) is 0 Å². The van der Waals surface area contributed by atoms with Crippen molar-refractivity contribution in [2.45, 2.75) is 45.6 Å². The minimum absolute atomic E-state index is 0.250. The molecule has 1 amide bonds. The van der Waals surface area contributed by atoms with E-state index >= 15 is 0 Å². The van der Waals surface area contributed by atoms with Crippen molar-refractivity contribution in [3.05, 3.63) is 30.1 Å². The summed E-state index contributed by atoms with van der Waals surface area (Å²) in [5.41, 5.74) is 2.01. The standard InChI is InChI=1S/C19H28N4O.CH2O2/c1-3-15(2)22-11-6-12-23(14-13-22)19(24)10-9-18-20-16-7-4-5-8-17(16)21-18;2-1-3/h4-5,7-8,15H,3,6,9-14H2,1-2H3,(H,20,21);1H,(H,2,3). The average Bonchev–Trinajstić information content (AvgIpc) is 2.93. The largest absolute Gasteiger partial charge is 0.483 e. The predicted octanol–water partition coefficient (Wildman–Crippen LogP) is 2.53. The van der Waals surface area contributed by atoms with Gasteiger partial charge in [0.05, 0.1) is 11.0 Å². The highest BCUT2D eigenvalue weighted by Gasteiger charge is 2.21. The molecule has 0 saturated carbocycles. The summed E-state index contributed by atoms with van der Waals surface area (Å²) in [4.78, 5) is 33.3. The fraction of sp³-hybridized carbons (Fsp3) is 0.550. The van der Waals surface area contributed by atoms with Gasteiger partial charge in [0.1, 0.15) is 5.82 Å². The first-order valence-electron chi connectivity index (χ1n) is 9.62. The third kappa shape index (κ3) is 6.06. The number of carbonyl (C=O) groups is 2. The molecule has 1 aromatic heterocycles. The van der Waals surface area contributed by atoms with E-state index in [9.17, 15) is 4.79 Å². The smallest absolute Gasteiger partial charge is 0.290 e. The van der Waals surface area contributed by atoms with Crippen LogP contribution in [0, 0.1) is 0 Å². The minimum atomic E-state index is -0.250. The Bertz CT molecular complexity index is 698. The third-order valence-electron chi connectivity index (χ3n) is 5.11. The number of para-hydroxylation sites is 2. The molecular formula is C20H30N4O3. The molecule has 1 aliphatic heterocycles. The van der Waals surface area contributed by atoms with E-state index in [0.29, 0.717) is 18.9 Å². The van der Waals surface area contributed by atoms with Crippen molar-refractivity contribution < 1.29 is 14.7 Å². The fourth-order valence-corrected chi connectivity index (χ4v) is 3.39. The second-order valence-electron chi connectivity index (χ2n) is 6.83. The number of H-pyrrole nitrogens is 1. The molecule has 2 heterocycles. The number of carbonyl (C=O) groups excluding carboxylic acids is 1. The number of aromatic amines is 1. The molecule has 0 spiro atoms. The number of rotatable bonds is 5. The van der Waals surface area contributed by atoms with Gasteiger partial charge in [0.2, 0.25) is 5.91 Å². The van der Waals surface area contributed by atoms with Crippen LogP contribution < -0.4 is 0 Å². The summed E-state index contributed by atoms with van der Waals surface area (Å²) < 4.78 is 0. The number of carboxylic acid groups (broad SMARTS) is 1. The molecule has 7 nitrogen and oxygen atoms in total. The molecule has 0 radical (unpaired) electrons. The van der Waals surface area contributed by atoms with E-state index in [1.807, 2.05) is 29.2 Å². The van der Waals surface area contributed by atoms with Crippen molar-refractivity contribution in [1.29, 1.82) is 0 Å². The number of benzene rings is 1. The van der Waals surface area contributed by atoms with Crippen LogP contribution in [-0.2, 0) is 16.0 Å². The van der Waals surface area contributed by atoms with Gasteiger partial charge < -0.3 is 15.0 Å². The number of hydrogen-bond donors (Lipinski definition) is 2. The molecule has 2 N–H and O–H groups in total. The molecule has 2 aromatic rings. The van der Waals surface area contributed by atoms with Crippen molar-refractivity contribution in [3.8, 4) is 0 Å². The summed E-state index contributed by atoms with van der Waals surface area (Å²) in [5.74, 6) is 1.15. The van der Waals surface area contributed by atoms with Gasteiger partial charge in [-0.2, -0.15) is 0 Å². The van der Waals surface area contributed by atoms with Gasteiger partial charge in [0.15, 0.2) is 0 Å². The van der Waals surface area contributed by atoms with Gasteiger partial charge in [0, 0.05) is 45.1 Å². The van der Waals surface area contributed by atoms with Gasteiger partial charge in [0.25, 0.3) is 6.47 Å². The van der Waals surface area contributed by atoms with Gasteiger partial charge in [-0.25, -0.2) is 4.98 Å². The first kappa shape index (κ1) is 20.9. The molecule has 1 atom stereocenters. The Balaban J connectivity index is 0.000000817. The van der Waals surface area contributed by atoms with Crippen molar-refractivity contribution in [2.24, 2.45) is 0 Å². The topological polar surface area (TPSA) is 89.5 Å². The molecule has 1 fully saturated rings. The number of amides is 1. The summed E-state index contributed by atoms with van der Waals surface area (Å²) in [6.07, 6.45) is 3.45. The molecule has 1 aliphatic rings. The number of nitrogens with one attached hydrogen (secondary N) is 1. The van der Waals surface area contributed by atoms with Gasteiger partial charge in [-0.3, -0.25) is 14.5 Å². The average molecular weight is 374 g/mol. The van der Waals surface area contributed by atoms with Crippen LogP contribution in [0.15, 0.2) is 24.3 Å². The van der Waals surface area contributed by atoms with Crippen LogP contribution in [0.3, 0.4) is 0 Å². The van der Waals surface area contributed by atoms with Crippen molar-refractivity contribution >= 4 is 23.4 Å². The first-order chi connectivity index (χ1) is 13.1. The predicted molar refractivity (Wildman–Crippen MR) is 106 cm³/mol. The van der Waals surface area contributed by atoms with E-state index in [4.69, 9.17) is 9.90 Å². The van der Waals surface area contributed by atoms with Gasteiger partial charge >= 0.3 is 0 Å². The van der Waals surface area contributed by atoms with E-state index in [0.717, 1.165) is 49.5 Å². The van der Waals surface area contributed by atoms with E-state index in [-0.39, 0.29) is 12.4 Å². The molecule has 0 bridgehead atoms. The molecule has 1 unspecified atom stereocenters. The maximum atomic E-state index is 12.6. The summed E-state index contributed by atoms with van der Waals surface area (Å²) in [6, 6.07) is 8.60. The lowest BCUT2D eigenvalue weighted by atomic mass is 10.2. The molecule has 0 aliphatic carbocycles. The monoisotopic (exact) mass is 374 g/mol. The van der Waals surface area contributed by atoms with Crippen LogP contribution >= 0.6 is 0 Å². The van der Waals surface area contributed by atoms with Crippen LogP contribution in [0.4, 0.5) is 0 Å². The number of hydrogen-bond acceptors (Lipinski definition) is 4. The number of nitrogens with zero attached hydrogens (tertiary/aromatic N) is 3. The Morgan fingerprint density at radius 2 is 2.04 bits per heavy atom. The molecule has 27 heavy (non-hydrogen) atoms. The van der Waals surface area contributed by atoms with E-state index in [2.05, 4.69) is 28.7 Å². The summed E-state index contributed by atoms with van der Waals surface area (Å²) in [7, 11) is 0. The maximum Gasteiger partial charge on any atom is 0.290 e. The highest BCUT2D eigenvalue weighted by atomic mass is 16.3.